The molecular weight excluding hydrogens is 232 g/mol. The standard InChI is InChI=1S/C17H30N2/c18-14-10-5-3-1-2-4-6-11-15-19-16-17-12-8-7-9-13-17/h7-9,12-13,19H,1-6,10-11,14-16,18H2/p+1. The molecule has 0 aliphatic heterocycles. The quantitative estimate of drug-likeness (QED) is 0.560. The number of hydrogen-bond donors (Lipinski definition) is 2. The zero-order chi connectivity index (χ0) is 13.6. The van der Waals surface area contributed by atoms with Crippen LogP contribution < -0.4 is 11.1 Å². The van der Waals surface area contributed by atoms with Gasteiger partial charge in [0, 0.05) is 5.56 Å². The van der Waals surface area contributed by atoms with Crippen molar-refractivity contribution < 1.29 is 5.32 Å². The lowest BCUT2D eigenvalue weighted by molar-refractivity contribution is -0.671. The highest BCUT2D eigenvalue weighted by molar-refractivity contribution is 5.12. The lowest BCUT2D eigenvalue weighted by Gasteiger charge is -2.03. The van der Waals surface area contributed by atoms with E-state index in [-0.39, 0.29) is 0 Å². The topological polar surface area (TPSA) is 42.6 Å². The first-order valence-electron chi connectivity index (χ1n) is 7.99. The van der Waals surface area contributed by atoms with Crippen LogP contribution in [0.5, 0.6) is 0 Å². The van der Waals surface area contributed by atoms with Gasteiger partial charge < -0.3 is 11.1 Å². The number of nitrogens with two attached hydrogens (primary N) is 2. The van der Waals surface area contributed by atoms with Crippen molar-refractivity contribution in [1.82, 2.24) is 0 Å². The van der Waals surface area contributed by atoms with E-state index in [4.69, 9.17) is 5.73 Å². The summed E-state index contributed by atoms with van der Waals surface area (Å²) in [6.07, 6.45) is 10.9. The van der Waals surface area contributed by atoms with E-state index in [1.807, 2.05) is 0 Å². The molecule has 0 saturated carbocycles. The summed E-state index contributed by atoms with van der Waals surface area (Å²) in [7, 11) is 0. The van der Waals surface area contributed by atoms with Gasteiger partial charge in [-0.15, -0.1) is 0 Å². The van der Waals surface area contributed by atoms with E-state index < -0.39 is 0 Å². The Labute approximate surface area is 118 Å². The van der Waals surface area contributed by atoms with Gasteiger partial charge in [0.25, 0.3) is 0 Å². The molecule has 2 nitrogen and oxygen atoms in total. The van der Waals surface area contributed by atoms with Gasteiger partial charge in [0.1, 0.15) is 6.54 Å². The van der Waals surface area contributed by atoms with E-state index in [0.717, 1.165) is 13.1 Å². The van der Waals surface area contributed by atoms with Crippen molar-refractivity contribution in [2.45, 2.75) is 57.9 Å². The van der Waals surface area contributed by atoms with Crippen LogP contribution in [-0.2, 0) is 6.54 Å². The third-order valence-corrected chi connectivity index (χ3v) is 3.59. The summed E-state index contributed by atoms with van der Waals surface area (Å²) in [4.78, 5) is 0. The molecule has 0 aromatic heterocycles. The van der Waals surface area contributed by atoms with Crippen molar-refractivity contribution in [3.05, 3.63) is 35.9 Å². The number of rotatable bonds is 12. The lowest BCUT2D eigenvalue weighted by Crippen LogP contribution is -2.82. The second-order valence-electron chi connectivity index (χ2n) is 5.38. The molecule has 0 bridgehead atoms. The molecule has 0 fully saturated rings. The van der Waals surface area contributed by atoms with E-state index in [9.17, 15) is 0 Å². The molecule has 1 aromatic rings. The molecule has 0 spiro atoms. The Morgan fingerprint density at radius 1 is 0.737 bits per heavy atom. The Bertz CT molecular complexity index is 285. The summed E-state index contributed by atoms with van der Waals surface area (Å²) in [5, 5.41) is 2.43. The molecule has 2 heteroatoms. The molecule has 0 atom stereocenters. The minimum Gasteiger partial charge on any atom is -0.343 e. The number of benzene rings is 1. The smallest absolute Gasteiger partial charge is 0.101 e. The zero-order valence-electron chi connectivity index (χ0n) is 12.3. The SMILES string of the molecule is NCCCCCCCCCC[NH2+]Cc1ccccc1. The van der Waals surface area contributed by atoms with E-state index in [0.29, 0.717) is 0 Å². The van der Waals surface area contributed by atoms with Gasteiger partial charge in [0.2, 0.25) is 0 Å². The normalized spacial score (nSPS) is 10.8. The van der Waals surface area contributed by atoms with Crippen molar-refractivity contribution in [2.24, 2.45) is 5.73 Å². The second kappa shape index (κ2) is 12.2. The molecule has 4 N–H and O–H groups in total. The van der Waals surface area contributed by atoms with Crippen LogP contribution in [0.25, 0.3) is 0 Å². The predicted octanol–water partition coefficient (Wildman–Crippen LogP) is 2.83. The first-order chi connectivity index (χ1) is 9.43. The van der Waals surface area contributed by atoms with Crippen molar-refractivity contribution >= 4 is 0 Å². The fraction of sp³-hybridized carbons (Fsp3) is 0.647. The molecule has 0 radical (unpaired) electrons. The van der Waals surface area contributed by atoms with E-state index >= 15 is 0 Å². The fourth-order valence-corrected chi connectivity index (χ4v) is 2.38. The molecule has 0 amide bonds. The van der Waals surface area contributed by atoms with Crippen LogP contribution in [-0.4, -0.2) is 13.1 Å². The Morgan fingerprint density at radius 2 is 1.32 bits per heavy atom. The average Bonchev–Trinajstić information content (AvgIpc) is 2.46. The molecule has 108 valence electrons. The molecule has 1 rings (SSSR count). The van der Waals surface area contributed by atoms with E-state index in [1.165, 1.54) is 63.5 Å². The third-order valence-electron chi connectivity index (χ3n) is 3.59. The van der Waals surface area contributed by atoms with Crippen LogP contribution in [0, 0.1) is 0 Å². The van der Waals surface area contributed by atoms with Crippen LogP contribution in [0.1, 0.15) is 56.9 Å². The number of quaternary nitrogens is 1. The Balaban J connectivity index is 1.79. The molecule has 0 unspecified atom stereocenters. The second-order valence-corrected chi connectivity index (χ2v) is 5.38. The summed E-state index contributed by atoms with van der Waals surface area (Å²) >= 11 is 0. The predicted molar refractivity (Wildman–Crippen MR) is 82.9 cm³/mol. The van der Waals surface area contributed by atoms with E-state index in [1.54, 1.807) is 0 Å². The molecule has 0 saturated heterocycles. The number of unbranched alkanes of at least 4 members (excludes halogenated alkanes) is 7. The summed E-state index contributed by atoms with van der Waals surface area (Å²) in [6, 6.07) is 10.7. The summed E-state index contributed by atoms with van der Waals surface area (Å²) in [6.45, 7) is 3.25. The highest BCUT2D eigenvalue weighted by Gasteiger charge is 1.95. The maximum Gasteiger partial charge on any atom is 0.101 e. The lowest BCUT2D eigenvalue weighted by atomic mass is 10.1. The van der Waals surface area contributed by atoms with Crippen LogP contribution in [0.3, 0.4) is 0 Å². The molecular formula is C17H31N2+. The number of hydrogen-bond acceptors (Lipinski definition) is 1. The first kappa shape index (κ1) is 16.2. The summed E-state index contributed by atoms with van der Waals surface area (Å²) < 4.78 is 0. The van der Waals surface area contributed by atoms with Gasteiger partial charge in [-0.2, -0.15) is 0 Å². The van der Waals surface area contributed by atoms with Gasteiger partial charge in [-0.25, -0.2) is 0 Å². The zero-order valence-corrected chi connectivity index (χ0v) is 12.3. The van der Waals surface area contributed by atoms with Crippen molar-refractivity contribution in [1.29, 1.82) is 0 Å². The first-order valence-corrected chi connectivity index (χ1v) is 7.99. The maximum atomic E-state index is 5.48. The van der Waals surface area contributed by atoms with Crippen molar-refractivity contribution in [2.75, 3.05) is 13.1 Å². The summed E-state index contributed by atoms with van der Waals surface area (Å²) in [5.74, 6) is 0. The Hall–Kier alpha value is -0.860. The minimum atomic E-state index is 0.858. The Morgan fingerprint density at radius 3 is 1.95 bits per heavy atom. The minimum absolute atomic E-state index is 0.858. The van der Waals surface area contributed by atoms with E-state index in [2.05, 4.69) is 35.6 Å². The van der Waals surface area contributed by atoms with Gasteiger partial charge in [-0.1, -0.05) is 62.4 Å². The largest absolute Gasteiger partial charge is 0.343 e. The summed E-state index contributed by atoms with van der Waals surface area (Å²) in [5.41, 5.74) is 6.91. The Kier molecular flexibility index (Phi) is 10.4. The highest BCUT2D eigenvalue weighted by atomic mass is 14.8. The average molecular weight is 263 g/mol. The van der Waals surface area contributed by atoms with Gasteiger partial charge in [0.15, 0.2) is 0 Å². The molecule has 0 aliphatic rings. The van der Waals surface area contributed by atoms with Crippen LogP contribution >= 0.6 is 0 Å². The highest BCUT2D eigenvalue weighted by Crippen LogP contribution is 2.07. The molecule has 0 aliphatic carbocycles. The molecule has 1 aromatic carbocycles. The van der Waals surface area contributed by atoms with Crippen molar-refractivity contribution in [3.63, 3.8) is 0 Å². The van der Waals surface area contributed by atoms with Gasteiger partial charge in [-0.05, 0) is 25.8 Å². The van der Waals surface area contributed by atoms with Crippen LogP contribution in [0.15, 0.2) is 30.3 Å². The van der Waals surface area contributed by atoms with Gasteiger partial charge in [0.05, 0.1) is 6.54 Å². The van der Waals surface area contributed by atoms with Crippen LogP contribution in [0.4, 0.5) is 0 Å². The fourth-order valence-electron chi connectivity index (χ4n) is 2.38. The van der Waals surface area contributed by atoms with Gasteiger partial charge >= 0.3 is 0 Å². The maximum absolute atomic E-state index is 5.48. The van der Waals surface area contributed by atoms with Crippen LogP contribution in [0.2, 0.25) is 0 Å². The third kappa shape index (κ3) is 9.69. The monoisotopic (exact) mass is 263 g/mol. The van der Waals surface area contributed by atoms with Gasteiger partial charge in [-0.3, -0.25) is 0 Å². The van der Waals surface area contributed by atoms with Crippen molar-refractivity contribution in [3.8, 4) is 0 Å². The molecule has 19 heavy (non-hydrogen) atoms. The molecule has 0 heterocycles.